The molecule has 0 aromatic heterocycles. The second-order valence-electron chi connectivity index (χ2n) is 2.57. The number of rotatable bonds is 3. The fourth-order valence-electron chi connectivity index (χ4n) is 0.619. The second-order valence-corrected chi connectivity index (χ2v) is 2.57. The molecule has 0 spiro atoms. The van der Waals surface area contributed by atoms with Crippen molar-refractivity contribution in [3.8, 4) is 0 Å². The number of carbonyl (C=O) groups excluding carboxylic acids is 1. The average molecular weight is 181 g/mol. The third kappa shape index (κ3) is 3.55. The van der Waals surface area contributed by atoms with Crippen LogP contribution in [0, 0.1) is 0 Å². The SMILES string of the molecule is Cl.N[C@@H](CO)C(=O)NC1CC1. The van der Waals surface area contributed by atoms with E-state index in [9.17, 15) is 4.79 Å². The highest BCUT2D eigenvalue weighted by Crippen LogP contribution is 2.18. The molecule has 0 aliphatic heterocycles. The Hall–Kier alpha value is -0.320. The van der Waals surface area contributed by atoms with E-state index in [1.54, 1.807) is 0 Å². The maximum atomic E-state index is 10.8. The van der Waals surface area contributed by atoms with Crippen molar-refractivity contribution in [1.29, 1.82) is 0 Å². The van der Waals surface area contributed by atoms with Crippen LogP contribution < -0.4 is 11.1 Å². The normalized spacial score (nSPS) is 18.4. The van der Waals surface area contributed by atoms with Crippen molar-refractivity contribution >= 4 is 18.3 Å². The number of aliphatic hydroxyl groups excluding tert-OH is 1. The third-order valence-electron chi connectivity index (χ3n) is 1.46. The Morgan fingerprint density at radius 2 is 2.27 bits per heavy atom. The van der Waals surface area contributed by atoms with Gasteiger partial charge in [0.25, 0.3) is 0 Å². The highest BCUT2D eigenvalue weighted by atomic mass is 35.5. The predicted molar refractivity (Wildman–Crippen MR) is 43.5 cm³/mol. The summed E-state index contributed by atoms with van der Waals surface area (Å²) in [5, 5.41) is 11.1. The van der Waals surface area contributed by atoms with Gasteiger partial charge in [0.15, 0.2) is 0 Å². The van der Waals surface area contributed by atoms with Crippen LogP contribution in [-0.4, -0.2) is 29.7 Å². The lowest BCUT2D eigenvalue weighted by Gasteiger charge is -2.07. The van der Waals surface area contributed by atoms with Crippen molar-refractivity contribution < 1.29 is 9.90 Å². The van der Waals surface area contributed by atoms with Gasteiger partial charge in [0.1, 0.15) is 6.04 Å². The number of hydrogen-bond acceptors (Lipinski definition) is 3. The lowest BCUT2D eigenvalue weighted by Crippen LogP contribution is -2.43. The van der Waals surface area contributed by atoms with Crippen LogP contribution >= 0.6 is 12.4 Å². The summed E-state index contributed by atoms with van der Waals surface area (Å²) in [7, 11) is 0. The summed E-state index contributed by atoms with van der Waals surface area (Å²) in [6.45, 7) is -0.279. The number of hydrogen-bond donors (Lipinski definition) is 3. The molecule has 1 amide bonds. The van der Waals surface area contributed by atoms with E-state index in [-0.39, 0.29) is 24.9 Å². The van der Waals surface area contributed by atoms with E-state index in [4.69, 9.17) is 10.8 Å². The largest absolute Gasteiger partial charge is 0.394 e. The van der Waals surface area contributed by atoms with E-state index in [0.717, 1.165) is 12.8 Å². The van der Waals surface area contributed by atoms with Crippen LogP contribution in [0.15, 0.2) is 0 Å². The number of aliphatic hydroxyl groups is 1. The van der Waals surface area contributed by atoms with E-state index < -0.39 is 6.04 Å². The maximum Gasteiger partial charge on any atom is 0.239 e. The summed E-state index contributed by atoms with van der Waals surface area (Å²) < 4.78 is 0. The molecule has 0 radical (unpaired) electrons. The lowest BCUT2D eigenvalue weighted by molar-refractivity contribution is -0.123. The van der Waals surface area contributed by atoms with Gasteiger partial charge in [-0.15, -0.1) is 12.4 Å². The molecule has 66 valence electrons. The fourth-order valence-corrected chi connectivity index (χ4v) is 0.619. The molecular formula is C6H13ClN2O2. The van der Waals surface area contributed by atoms with Gasteiger partial charge in [0.2, 0.25) is 5.91 Å². The topological polar surface area (TPSA) is 75.3 Å². The minimum absolute atomic E-state index is 0. The zero-order valence-corrected chi connectivity index (χ0v) is 6.93. The smallest absolute Gasteiger partial charge is 0.239 e. The molecule has 0 unspecified atom stereocenters. The molecule has 0 heterocycles. The van der Waals surface area contributed by atoms with Crippen molar-refractivity contribution in [3.63, 3.8) is 0 Å². The first kappa shape index (κ1) is 10.7. The van der Waals surface area contributed by atoms with Crippen molar-refractivity contribution in [2.45, 2.75) is 24.9 Å². The van der Waals surface area contributed by atoms with E-state index in [1.165, 1.54) is 0 Å². The van der Waals surface area contributed by atoms with Crippen molar-refractivity contribution in [2.24, 2.45) is 5.73 Å². The third-order valence-corrected chi connectivity index (χ3v) is 1.46. The standard InChI is InChI=1S/C6H12N2O2.ClH/c7-5(3-9)6(10)8-4-1-2-4;/h4-5,9H,1-3,7H2,(H,8,10);1H/t5-;/m0./s1. The van der Waals surface area contributed by atoms with Gasteiger partial charge in [0.05, 0.1) is 6.61 Å². The van der Waals surface area contributed by atoms with Crippen LogP contribution in [0.1, 0.15) is 12.8 Å². The summed E-state index contributed by atoms with van der Waals surface area (Å²) in [4.78, 5) is 10.8. The number of carbonyl (C=O) groups is 1. The molecule has 1 fully saturated rings. The van der Waals surface area contributed by atoms with Gasteiger partial charge in [-0.05, 0) is 12.8 Å². The zero-order valence-electron chi connectivity index (χ0n) is 6.12. The fraction of sp³-hybridized carbons (Fsp3) is 0.833. The van der Waals surface area contributed by atoms with E-state index >= 15 is 0 Å². The molecule has 1 aliphatic carbocycles. The van der Waals surface area contributed by atoms with Gasteiger partial charge >= 0.3 is 0 Å². The van der Waals surface area contributed by atoms with Crippen molar-refractivity contribution in [2.75, 3.05) is 6.61 Å². The molecule has 0 aromatic carbocycles. The van der Waals surface area contributed by atoms with Gasteiger partial charge in [-0.1, -0.05) is 0 Å². The molecule has 1 aliphatic rings. The molecule has 0 aromatic rings. The minimum Gasteiger partial charge on any atom is -0.394 e. The average Bonchev–Trinajstić information content (AvgIpc) is 2.70. The first-order valence-corrected chi connectivity index (χ1v) is 3.41. The summed E-state index contributed by atoms with van der Waals surface area (Å²) in [5.41, 5.74) is 5.23. The Morgan fingerprint density at radius 1 is 1.73 bits per heavy atom. The Morgan fingerprint density at radius 3 is 2.64 bits per heavy atom. The summed E-state index contributed by atoms with van der Waals surface area (Å²) in [5.74, 6) is -0.245. The van der Waals surface area contributed by atoms with Gasteiger partial charge < -0.3 is 16.2 Å². The summed E-state index contributed by atoms with van der Waals surface area (Å²) in [6, 6.07) is -0.425. The van der Waals surface area contributed by atoms with Gasteiger partial charge in [-0.25, -0.2) is 0 Å². The molecule has 0 bridgehead atoms. The molecule has 1 saturated carbocycles. The van der Waals surface area contributed by atoms with Crippen LogP contribution in [-0.2, 0) is 4.79 Å². The van der Waals surface area contributed by atoms with E-state index in [0.29, 0.717) is 6.04 Å². The quantitative estimate of drug-likeness (QED) is 0.522. The monoisotopic (exact) mass is 180 g/mol. The zero-order chi connectivity index (χ0) is 7.56. The maximum absolute atomic E-state index is 10.8. The lowest BCUT2D eigenvalue weighted by atomic mass is 10.3. The van der Waals surface area contributed by atoms with Crippen molar-refractivity contribution in [1.82, 2.24) is 5.32 Å². The van der Waals surface area contributed by atoms with Crippen LogP contribution in [0.4, 0.5) is 0 Å². The van der Waals surface area contributed by atoms with Gasteiger partial charge in [0, 0.05) is 6.04 Å². The Labute approximate surface area is 71.6 Å². The predicted octanol–water partition coefficient (Wildman–Crippen LogP) is -0.994. The molecule has 11 heavy (non-hydrogen) atoms. The molecule has 4 nitrogen and oxygen atoms in total. The highest BCUT2D eigenvalue weighted by Gasteiger charge is 2.25. The summed E-state index contributed by atoms with van der Waals surface area (Å²) >= 11 is 0. The van der Waals surface area contributed by atoms with Crippen LogP contribution in [0.25, 0.3) is 0 Å². The molecule has 1 rings (SSSR count). The number of halogens is 1. The van der Waals surface area contributed by atoms with Crippen LogP contribution in [0.5, 0.6) is 0 Å². The molecular weight excluding hydrogens is 168 g/mol. The first-order chi connectivity index (χ1) is 4.74. The molecule has 4 N–H and O–H groups in total. The Bertz CT molecular complexity index is 139. The Balaban J connectivity index is 0.000001000. The van der Waals surface area contributed by atoms with E-state index in [1.807, 2.05) is 0 Å². The number of nitrogens with one attached hydrogen (secondary N) is 1. The molecule has 0 saturated heterocycles. The number of amides is 1. The number of nitrogens with two attached hydrogens (primary N) is 1. The Kier molecular flexibility index (Phi) is 4.40. The summed E-state index contributed by atoms with van der Waals surface area (Å²) in [6.07, 6.45) is 2.09. The van der Waals surface area contributed by atoms with Gasteiger partial charge in [-0.2, -0.15) is 0 Å². The minimum atomic E-state index is -0.749. The second kappa shape index (κ2) is 4.54. The van der Waals surface area contributed by atoms with Crippen LogP contribution in [0.3, 0.4) is 0 Å². The highest BCUT2D eigenvalue weighted by molar-refractivity contribution is 5.85. The van der Waals surface area contributed by atoms with Crippen molar-refractivity contribution in [3.05, 3.63) is 0 Å². The van der Waals surface area contributed by atoms with E-state index in [2.05, 4.69) is 5.32 Å². The van der Waals surface area contributed by atoms with Gasteiger partial charge in [-0.3, -0.25) is 4.79 Å². The van der Waals surface area contributed by atoms with Crippen LogP contribution in [0.2, 0.25) is 0 Å². The molecule has 1 atom stereocenters. The first-order valence-electron chi connectivity index (χ1n) is 3.41. The molecule has 5 heteroatoms.